The fourth-order valence-corrected chi connectivity index (χ4v) is 7.73. The molecule has 9 heteroatoms. The smallest absolute Gasteiger partial charge is 0.744 e. The Bertz CT molecular complexity index is 2200. The molecule has 0 amide bonds. The van der Waals surface area contributed by atoms with Crippen LogP contribution in [0.25, 0.3) is 54.9 Å². The molecular formula is C34H26KNO5S2. The van der Waals surface area contributed by atoms with Crippen molar-refractivity contribution in [1.82, 2.24) is 4.31 Å². The Morgan fingerprint density at radius 2 is 0.907 bits per heavy atom. The number of benzene rings is 6. The zero-order chi connectivity index (χ0) is 29.6. The average Bonchev–Trinajstić information content (AvgIpc) is 2.99. The van der Waals surface area contributed by atoms with Crippen LogP contribution in [0.2, 0.25) is 0 Å². The van der Waals surface area contributed by atoms with Crippen molar-refractivity contribution in [1.29, 1.82) is 0 Å². The van der Waals surface area contributed by atoms with E-state index in [1.54, 1.807) is 66.7 Å². The van der Waals surface area contributed by atoms with E-state index in [-0.39, 0.29) is 73.0 Å². The van der Waals surface area contributed by atoms with Crippen molar-refractivity contribution in [2.45, 2.75) is 9.79 Å². The second-order valence-corrected chi connectivity index (χ2v) is 13.6. The molecule has 6 nitrogen and oxygen atoms in total. The Morgan fingerprint density at radius 1 is 0.535 bits per heavy atom. The summed E-state index contributed by atoms with van der Waals surface area (Å²) in [5, 5.41) is 2.34. The Kier molecular flexibility index (Phi) is 9.11. The Hall–Kier alpha value is -2.70. The quantitative estimate of drug-likeness (QED) is 0.203. The standard InChI is InChI=1S/C34H27NO5S2.K/c1-35(2)41(36,37)33-29(23-13-5-3-6-14-23)21-25-17-9-11-19-27(25)31(33)32-28-20-12-10-18-26(28)22-30(34(32)42(38,39)40)24-15-7-4-8-16-24;/h3-22H,1-2H3,(H,38,39,40);/q;+1/p-1. The van der Waals surface area contributed by atoms with Crippen LogP contribution < -0.4 is 51.4 Å². The number of nitrogens with zero attached hydrogens (tertiary/aromatic N) is 1. The van der Waals surface area contributed by atoms with Gasteiger partial charge in [0.05, 0.1) is 9.79 Å². The van der Waals surface area contributed by atoms with Gasteiger partial charge in [0, 0.05) is 36.3 Å². The maximum Gasteiger partial charge on any atom is 1.00 e. The summed E-state index contributed by atoms with van der Waals surface area (Å²) in [6.45, 7) is 0. The van der Waals surface area contributed by atoms with Crippen molar-refractivity contribution in [3.8, 4) is 33.4 Å². The van der Waals surface area contributed by atoms with E-state index in [0.717, 1.165) is 4.31 Å². The first-order chi connectivity index (χ1) is 20.1. The fraction of sp³-hybridized carbons (Fsp3) is 0.0588. The molecule has 0 spiro atoms. The molecule has 0 aliphatic rings. The van der Waals surface area contributed by atoms with Gasteiger partial charge in [-0.05, 0) is 44.8 Å². The maximum atomic E-state index is 14.3. The van der Waals surface area contributed by atoms with Crippen LogP contribution in [0, 0.1) is 0 Å². The molecule has 43 heavy (non-hydrogen) atoms. The third-order valence-electron chi connectivity index (χ3n) is 7.41. The van der Waals surface area contributed by atoms with E-state index in [9.17, 15) is 21.4 Å². The molecule has 210 valence electrons. The van der Waals surface area contributed by atoms with Crippen molar-refractivity contribution in [2.24, 2.45) is 0 Å². The van der Waals surface area contributed by atoms with E-state index < -0.39 is 25.0 Å². The van der Waals surface area contributed by atoms with Gasteiger partial charge in [0.15, 0.2) is 0 Å². The first-order valence-corrected chi connectivity index (χ1v) is 16.0. The van der Waals surface area contributed by atoms with Crippen LogP contribution in [-0.4, -0.2) is 39.8 Å². The summed E-state index contributed by atoms with van der Waals surface area (Å²) in [7, 11) is -6.46. The van der Waals surface area contributed by atoms with E-state index in [1.807, 2.05) is 54.6 Å². The zero-order valence-electron chi connectivity index (χ0n) is 23.9. The summed E-state index contributed by atoms with van der Waals surface area (Å²) in [5.74, 6) is 0. The molecule has 0 fully saturated rings. The van der Waals surface area contributed by atoms with Crippen LogP contribution in [0.1, 0.15) is 0 Å². The van der Waals surface area contributed by atoms with Crippen molar-refractivity contribution in [3.63, 3.8) is 0 Å². The predicted octanol–water partition coefficient (Wildman–Crippen LogP) is 4.15. The number of fused-ring (bicyclic) bond motifs is 2. The molecule has 6 aromatic rings. The monoisotopic (exact) mass is 631 g/mol. The minimum atomic E-state index is -5.14. The van der Waals surface area contributed by atoms with Crippen LogP contribution in [0.3, 0.4) is 0 Å². The van der Waals surface area contributed by atoms with Gasteiger partial charge in [-0.15, -0.1) is 0 Å². The zero-order valence-corrected chi connectivity index (χ0v) is 28.6. The normalized spacial score (nSPS) is 12.0. The molecule has 0 aliphatic carbocycles. The van der Waals surface area contributed by atoms with Gasteiger partial charge in [0.25, 0.3) is 0 Å². The van der Waals surface area contributed by atoms with Gasteiger partial charge < -0.3 is 4.55 Å². The number of sulfonamides is 1. The molecule has 0 aliphatic heterocycles. The maximum absolute atomic E-state index is 14.3. The van der Waals surface area contributed by atoms with Gasteiger partial charge in [-0.25, -0.2) is 21.1 Å². The summed E-state index contributed by atoms with van der Waals surface area (Å²) < 4.78 is 69.7. The van der Waals surface area contributed by atoms with Gasteiger partial charge >= 0.3 is 51.4 Å². The van der Waals surface area contributed by atoms with Gasteiger partial charge in [0.1, 0.15) is 10.1 Å². The number of hydrogen-bond donors (Lipinski definition) is 0. The number of rotatable bonds is 6. The minimum absolute atomic E-state index is 0. The van der Waals surface area contributed by atoms with Crippen LogP contribution in [0.4, 0.5) is 0 Å². The van der Waals surface area contributed by atoms with Crippen molar-refractivity contribution >= 4 is 41.7 Å². The molecular weight excluding hydrogens is 606 g/mol. The average molecular weight is 632 g/mol. The predicted molar refractivity (Wildman–Crippen MR) is 167 cm³/mol. The van der Waals surface area contributed by atoms with Crippen LogP contribution in [0.5, 0.6) is 0 Å². The van der Waals surface area contributed by atoms with Crippen molar-refractivity contribution in [2.75, 3.05) is 14.1 Å². The second-order valence-electron chi connectivity index (χ2n) is 10.2. The van der Waals surface area contributed by atoms with Gasteiger partial charge in [-0.2, -0.15) is 0 Å². The van der Waals surface area contributed by atoms with E-state index in [4.69, 9.17) is 0 Å². The molecule has 0 unspecified atom stereocenters. The van der Waals surface area contributed by atoms with Crippen LogP contribution in [-0.2, 0) is 20.1 Å². The Morgan fingerprint density at radius 3 is 1.33 bits per heavy atom. The molecule has 0 atom stereocenters. The topological polar surface area (TPSA) is 94.6 Å². The summed E-state index contributed by atoms with van der Waals surface area (Å²) in [5.41, 5.74) is 2.02. The van der Waals surface area contributed by atoms with E-state index in [1.165, 1.54) is 14.1 Å². The van der Waals surface area contributed by atoms with Crippen LogP contribution in [0.15, 0.2) is 131 Å². The van der Waals surface area contributed by atoms with Gasteiger partial charge in [-0.1, -0.05) is 109 Å². The molecule has 0 aromatic heterocycles. The Labute approximate surface area is 294 Å². The van der Waals surface area contributed by atoms with E-state index in [0.29, 0.717) is 38.2 Å². The second kappa shape index (κ2) is 12.4. The first kappa shape index (κ1) is 31.7. The van der Waals surface area contributed by atoms with Gasteiger partial charge in [-0.3, -0.25) is 0 Å². The van der Waals surface area contributed by atoms with E-state index >= 15 is 0 Å². The summed E-state index contributed by atoms with van der Waals surface area (Å²) in [6, 6.07) is 35.7. The molecule has 0 saturated heterocycles. The van der Waals surface area contributed by atoms with Crippen molar-refractivity contribution < 1.29 is 72.8 Å². The summed E-state index contributed by atoms with van der Waals surface area (Å²) >= 11 is 0. The largest absolute Gasteiger partial charge is 1.00 e. The molecule has 6 rings (SSSR count). The minimum Gasteiger partial charge on any atom is -0.744 e. The molecule has 6 aromatic carbocycles. The third kappa shape index (κ3) is 5.77. The third-order valence-corrected chi connectivity index (χ3v) is 10.2. The molecule has 0 bridgehead atoms. The summed E-state index contributed by atoms with van der Waals surface area (Å²) in [4.78, 5) is -0.532. The molecule has 0 radical (unpaired) electrons. The van der Waals surface area contributed by atoms with E-state index in [2.05, 4.69) is 0 Å². The number of hydrogen-bond acceptors (Lipinski definition) is 5. The summed E-state index contributed by atoms with van der Waals surface area (Å²) in [6.07, 6.45) is 0. The van der Waals surface area contributed by atoms with Crippen molar-refractivity contribution in [3.05, 3.63) is 121 Å². The first-order valence-electron chi connectivity index (χ1n) is 13.2. The fourth-order valence-electron chi connectivity index (χ4n) is 5.53. The molecule has 0 heterocycles. The Balaban J connectivity index is 0.00000368. The SMILES string of the molecule is CN(C)S(=O)(=O)c1c(-c2ccccc2)cc2ccccc2c1-c1c(S(=O)(=O)[O-])c(-c2ccccc2)cc2ccccc12.[K+]. The van der Waals surface area contributed by atoms with Crippen LogP contribution >= 0.6 is 0 Å². The molecule has 0 saturated carbocycles. The van der Waals surface area contributed by atoms with Gasteiger partial charge in [0.2, 0.25) is 10.0 Å². The molecule has 0 N–H and O–H groups in total.